The van der Waals surface area contributed by atoms with E-state index in [2.05, 4.69) is 0 Å². The summed E-state index contributed by atoms with van der Waals surface area (Å²) >= 11 is 11.7. The van der Waals surface area contributed by atoms with Crippen LogP contribution in [0.4, 0.5) is 0 Å². The summed E-state index contributed by atoms with van der Waals surface area (Å²) in [6.45, 7) is 0. The SMILES string of the molecule is O=C1CCCC[C@@H]1[C@H](O)c1ccc(Cl)c(Cl)c1. The highest BCUT2D eigenvalue weighted by molar-refractivity contribution is 6.42. The molecule has 1 aliphatic rings. The monoisotopic (exact) mass is 272 g/mol. The fraction of sp³-hybridized carbons (Fsp3) is 0.462. The van der Waals surface area contributed by atoms with Gasteiger partial charge >= 0.3 is 0 Å². The molecule has 92 valence electrons. The number of rotatable bonds is 2. The highest BCUT2D eigenvalue weighted by atomic mass is 35.5. The molecule has 0 radical (unpaired) electrons. The largest absolute Gasteiger partial charge is 0.388 e. The Hall–Kier alpha value is -0.570. The molecule has 0 saturated heterocycles. The summed E-state index contributed by atoms with van der Waals surface area (Å²) in [5.74, 6) is -0.143. The predicted octanol–water partition coefficient (Wildman–Crippen LogP) is 3.79. The quantitative estimate of drug-likeness (QED) is 0.890. The fourth-order valence-corrected chi connectivity index (χ4v) is 2.58. The average Bonchev–Trinajstić information content (AvgIpc) is 2.32. The number of aliphatic hydroxyl groups excluding tert-OH is 1. The van der Waals surface area contributed by atoms with Crippen molar-refractivity contribution in [1.82, 2.24) is 0 Å². The van der Waals surface area contributed by atoms with Crippen LogP contribution < -0.4 is 0 Å². The highest BCUT2D eigenvalue weighted by Crippen LogP contribution is 2.34. The zero-order chi connectivity index (χ0) is 12.4. The van der Waals surface area contributed by atoms with Crippen LogP contribution in [-0.2, 0) is 4.79 Å². The molecular weight excluding hydrogens is 259 g/mol. The van der Waals surface area contributed by atoms with E-state index < -0.39 is 6.10 Å². The zero-order valence-corrected chi connectivity index (χ0v) is 10.8. The van der Waals surface area contributed by atoms with Crippen molar-refractivity contribution in [1.29, 1.82) is 0 Å². The van der Waals surface area contributed by atoms with E-state index in [4.69, 9.17) is 23.2 Å². The maximum atomic E-state index is 11.7. The first-order chi connectivity index (χ1) is 8.09. The van der Waals surface area contributed by atoms with Gasteiger partial charge in [0.15, 0.2) is 0 Å². The van der Waals surface area contributed by atoms with Crippen LogP contribution in [0.5, 0.6) is 0 Å². The Morgan fingerprint density at radius 3 is 2.65 bits per heavy atom. The van der Waals surface area contributed by atoms with Gasteiger partial charge in [0.1, 0.15) is 5.78 Å². The van der Waals surface area contributed by atoms with Gasteiger partial charge in [-0.05, 0) is 30.5 Å². The fourth-order valence-electron chi connectivity index (χ4n) is 2.27. The Labute approximate surface area is 111 Å². The number of carbonyl (C=O) groups excluding carboxylic acids is 1. The van der Waals surface area contributed by atoms with Crippen LogP contribution in [0.25, 0.3) is 0 Å². The van der Waals surface area contributed by atoms with Crippen molar-refractivity contribution in [3.05, 3.63) is 33.8 Å². The second kappa shape index (κ2) is 5.38. The summed E-state index contributed by atoms with van der Waals surface area (Å²) in [6.07, 6.45) is 2.49. The minimum absolute atomic E-state index is 0.148. The molecule has 1 N–H and O–H groups in total. The summed E-state index contributed by atoms with van der Waals surface area (Å²) in [6, 6.07) is 5.01. The van der Waals surface area contributed by atoms with Gasteiger partial charge < -0.3 is 5.11 Å². The highest BCUT2D eigenvalue weighted by Gasteiger charge is 2.30. The zero-order valence-electron chi connectivity index (χ0n) is 9.33. The first-order valence-electron chi connectivity index (χ1n) is 5.75. The van der Waals surface area contributed by atoms with Gasteiger partial charge in [-0.15, -0.1) is 0 Å². The Kier molecular flexibility index (Phi) is 4.08. The van der Waals surface area contributed by atoms with Gasteiger partial charge in [0.05, 0.1) is 16.1 Å². The van der Waals surface area contributed by atoms with E-state index in [0.717, 1.165) is 19.3 Å². The van der Waals surface area contributed by atoms with Crippen LogP contribution in [0.2, 0.25) is 10.0 Å². The number of hydrogen-bond acceptors (Lipinski definition) is 2. The molecule has 1 aromatic carbocycles. The Morgan fingerprint density at radius 1 is 1.24 bits per heavy atom. The van der Waals surface area contributed by atoms with Crippen LogP contribution in [0.3, 0.4) is 0 Å². The minimum Gasteiger partial charge on any atom is -0.388 e. The van der Waals surface area contributed by atoms with Crippen LogP contribution in [-0.4, -0.2) is 10.9 Å². The predicted molar refractivity (Wildman–Crippen MR) is 68.4 cm³/mol. The lowest BCUT2D eigenvalue weighted by molar-refractivity contribution is -0.128. The molecule has 4 heteroatoms. The molecule has 1 aromatic rings. The van der Waals surface area contributed by atoms with E-state index in [0.29, 0.717) is 22.0 Å². The molecule has 2 nitrogen and oxygen atoms in total. The maximum Gasteiger partial charge on any atom is 0.138 e. The number of hydrogen-bond donors (Lipinski definition) is 1. The first kappa shape index (κ1) is 12.9. The van der Waals surface area contributed by atoms with Crippen molar-refractivity contribution >= 4 is 29.0 Å². The molecule has 1 aliphatic carbocycles. The van der Waals surface area contributed by atoms with Gasteiger partial charge in [0.2, 0.25) is 0 Å². The second-order valence-electron chi connectivity index (χ2n) is 4.44. The number of carbonyl (C=O) groups is 1. The Morgan fingerprint density at radius 2 is 2.00 bits per heavy atom. The van der Waals surface area contributed by atoms with E-state index in [1.807, 2.05) is 0 Å². The number of halogens is 2. The van der Waals surface area contributed by atoms with Crippen molar-refractivity contribution in [3.63, 3.8) is 0 Å². The summed E-state index contributed by atoms with van der Waals surface area (Å²) in [4.78, 5) is 11.7. The molecule has 0 aliphatic heterocycles. The van der Waals surface area contributed by atoms with E-state index in [-0.39, 0.29) is 11.7 Å². The number of Topliss-reactive ketones (excluding diaryl/α,β-unsaturated/α-hetero) is 1. The number of aliphatic hydroxyl groups is 1. The van der Waals surface area contributed by atoms with E-state index >= 15 is 0 Å². The van der Waals surface area contributed by atoms with Crippen LogP contribution in [0.15, 0.2) is 18.2 Å². The molecule has 17 heavy (non-hydrogen) atoms. The number of benzene rings is 1. The topological polar surface area (TPSA) is 37.3 Å². The van der Waals surface area contributed by atoms with E-state index in [1.165, 1.54) is 0 Å². The second-order valence-corrected chi connectivity index (χ2v) is 5.25. The van der Waals surface area contributed by atoms with Crippen LogP contribution in [0, 0.1) is 5.92 Å². The van der Waals surface area contributed by atoms with E-state index in [9.17, 15) is 9.90 Å². The molecule has 2 atom stereocenters. The van der Waals surface area contributed by atoms with Gasteiger partial charge in [0, 0.05) is 12.3 Å². The van der Waals surface area contributed by atoms with Crippen molar-refractivity contribution < 1.29 is 9.90 Å². The molecule has 2 rings (SSSR count). The normalized spacial score (nSPS) is 22.5. The lowest BCUT2D eigenvalue weighted by Crippen LogP contribution is -2.25. The molecular formula is C13H14Cl2O2. The Balaban J connectivity index is 2.20. The summed E-state index contributed by atoms with van der Waals surface area (Å²) < 4.78 is 0. The molecule has 0 unspecified atom stereocenters. The lowest BCUT2D eigenvalue weighted by atomic mass is 9.82. The lowest BCUT2D eigenvalue weighted by Gasteiger charge is -2.25. The molecule has 0 spiro atoms. The van der Waals surface area contributed by atoms with Crippen molar-refractivity contribution in [2.75, 3.05) is 0 Å². The van der Waals surface area contributed by atoms with Crippen molar-refractivity contribution in [3.8, 4) is 0 Å². The Bertz CT molecular complexity index is 431. The third-order valence-corrected chi connectivity index (χ3v) is 4.01. The van der Waals surface area contributed by atoms with Gasteiger partial charge in [0.25, 0.3) is 0 Å². The van der Waals surface area contributed by atoms with Gasteiger partial charge in [-0.1, -0.05) is 35.7 Å². The molecule has 0 bridgehead atoms. The van der Waals surface area contributed by atoms with Crippen molar-refractivity contribution in [2.45, 2.75) is 31.8 Å². The maximum absolute atomic E-state index is 11.7. The third-order valence-electron chi connectivity index (χ3n) is 3.27. The van der Waals surface area contributed by atoms with Crippen LogP contribution >= 0.6 is 23.2 Å². The molecule has 0 amide bonds. The average molecular weight is 273 g/mol. The number of ketones is 1. The summed E-state index contributed by atoms with van der Waals surface area (Å²) in [5, 5.41) is 11.1. The van der Waals surface area contributed by atoms with Gasteiger partial charge in [-0.25, -0.2) is 0 Å². The van der Waals surface area contributed by atoms with Gasteiger partial charge in [-0.2, -0.15) is 0 Å². The van der Waals surface area contributed by atoms with Gasteiger partial charge in [-0.3, -0.25) is 4.79 Å². The minimum atomic E-state index is -0.766. The summed E-state index contributed by atoms with van der Waals surface area (Å²) in [7, 11) is 0. The third kappa shape index (κ3) is 2.82. The molecule has 0 heterocycles. The molecule has 1 fully saturated rings. The van der Waals surface area contributed by atoms with Crippen LogP contribution in [0.1, 0.15) is 37.4 Å². The van der Waals surface area contributed by atoms with Crippen molar-refractivity contribution in [2.24, 2.45) is 5.92 Å². The summed E-state index contributed by atoms with van der Waals surface area (Å²) in [5.41, 5.74) is 0.666. The molecule has 1 saturated carbocycles. The smallest absolute Gasteiger partial charge is 0.138 e. The van der Waals surface area contributed by atoms with E-state index in [1.54, 1.807) is 18.2 Å². The first-order valence-corrected chi connectivity index (χ1v) is 6.51. The molecule has 0 aromatic heterocycles. The standard InChI is InChI=1S/C13H14Cl2O2/c14-10-6-5-8(7-11(10)15)13(17)9-3-1-2-4-12(9)16/h5-7,9,13,17H,1-4H2/t9-,13+/m0/s1.